The fourth-order valence-corrected chi connectivity index (χ4v) is 1.25. The lowest BCUT2D eigenvalue weighted by atomic mass is 9.99. The molecule has 1 saturated heterocycles. The van der Waals surface area contributed by atoms with Crippen molar-refractivity contribution >= 4 is 5.97 Å². The molecule has 1 aliphatic heterocycles. The minimum atomic E-state index is -1.67. The van der Waals surface area contributed by atoms with Gasteiger partial charge in [-0.3, -0.25) is 0 Å². The molecule has 82 valence electrons. The number of carbonyl (C=O) groups is 1. The molecule has 0 bridgehead atoms. The Morgan fingerprint density at radius 3 is 2.21 bits per heavy atom. The van der Waals surface area contributed by atoms with Crippen molar-refractivity contribution in [2.45, 2.75) is 30.7 Å². The summed E-state index contributed by atoms with van der Waals surface area (Å²) in [5.74, 6) is -1.43. The van der Waals surface area contributed by atoms with E-state index in [4.69, 9.17) is 9.84 Å². The summed E-state index contributed by atoms with van der Waals surface area (Å²) in [6, 6.07) is 0. The van der Waals surface area contributed by atoms with Crippen LogP contribution in [0.2, 0.25) is 0 Å². The number of aliphatic carboxylic acids is 1. The second kappa shape index (κ2) is 4.20. The minimum absolute atomic E-state index is 1.19. The van der Waals surface area contributed by atoms with Crippen LogP contribution < -0.4 is 0 Å². The van der Waals surface area contributed by atoms with Crippen molar-refractivity contribution in [3.63, 3.8) is 0 Å². The van der Waals surface area contributed by atoms with Crippen LogP contribution in [0.4, 0.5) is 0 Å². The largest absolute Gasteiger partial charge is 0.479 e. The Balaban J connectivity index is 2.78. The van der Waals surface area contributed by atoms with E-state index >= 15 is 0 Å². The smallest absolute Gasteiger partial charge is 0.335 e. The normalized spacial score (nSPS) is 43.6. The molecule has 0 aliphatic carbocycles. The zero-order valence-corrected chi connectivity index (χ0v) is 7.40. The number of rotatable bonds is 2. The monoisotopic (exact) mass is 208 g/mol. The van der Waals surface area contributed by atoms with E-state index in [1.807, 2.05) is 0 Å². The lowest BCUT2D eigenvalue weighted by Gasteiger charge is -2.37. The lowest BCUT2D eigenvalue weighted by Crippen LogP contribution is -2.60. The molecule has 3 unspecified atom stereocenters. The number of carboxylic acid groups (broad SMARTS) is 1. The van der Waals surface area contributed by atoms with Crippen LogP contribution in [0.15, 0.2) is 0 Å². The highest BCUT2D eigenvalue weighted by Gasteiger charge is 2.46. The number of aliphatic hydroxyl groups excluding tert-OH is 3. The molecule has 1 fully saturated rings. The predicted octanol–water partition coefficient (Wildman–Crippen LogP) is -2.47. The highest BCUT2D eigenvalue weighted by atomic mass is 16.7. The summed E-state index contributed by atoms with van der Waals surface area (Å²) in [5.41, 5.74) is 0. The van der Waals surface area contributed by atoms with E-state index in [0.717, 1.165) is 0 Å². The standard InChI is InChI=1S/C7H12O7/c1-13-7-4(10)2(8)3(9)5(14-7)6(11)12/h2-5,7-10H,1H3,(H,11,12)/t2?,3-,4?,5?,7-/m0/s1. The first-order chi connectivity index (χ1) is 6.49. The van der Waals surface area contributed by atoms with Crippen LogP contribution in [-0.4, -0.2) is 64.2 Å². The maximum absolute atomic E-state index is 10.5. The van der Waals surface area contributed by atoms with Crippen molar-refractivity contribution in [1.29, 1.82) is 0 Å². The second-order valence-electron chi connectivity index (χ2n) is 2.97. The number of methoxy groups -OCH3 is 1. The molecule has 0 radical (unpaired) electrons. The van der Waals surface area contributed by atoms with Crippen LogP contribution in [-0.2, 0) is 14.3 Å². The Morgan fingerprint density at radius 1 is 1.21 bits per heavy atom. The van der Waals surface area contributed by atoms with Crippen molar-refractivity contribution in [1.82, 2.24) is 0 Å². The number of hydrogen-bond acceptors (Lipinski definition) is 6. The van der Waals surface area contributed by atoms with Gasteiger partial charge in [-0.25, -0.2) is 4.79 Å². The zero-order valence-electron chi connectivity index (χ0n) is 7.40. The zero-order chi connectivity index (χ0) is 10.9. The molecule has 0 spiro atoms. The molecule has 0 aromatic heterocycles. The van der Waals surface area contributed by atoms with Gasteiger partial charge in [0.25, 0.3) is 0 Å². The molecule has 14 heavy (non-hydrogen) atoms. The van der Waals surface area contributed by atoms with Crippen LogP contribution in [0.1, 0.15) is 0 Å². The van der Waals surface area contributed by atoms with Crippen LogP contribution in [0.3, 0.4) is 0 Å². The van der Waals surface area contributed by atoms with E-state index in [0.29, 0.717) is 0 Å². The Morgan fingerprint density at radius 2 is 1.79 bits per heavy atom. The summed E-state index contributed by atoms with van der Waals surface area (Å²) in [6.45, 7) is 0. The molecule has 0 aromatic rings. The van der Waals surface area contributed by atoms with Crippen molar-refractivity contribution < 1.29 is 34.7 Å². The van der Waals surface area contributed by atoms with Crippen LogP contribution in [0, 0.1) is 0 Å². The summed E-state index contributed by atoms with van der Waals surface area (Å²) in [4.78, 5) is 10.5. The van der Waals surface area contributed by atoms with E-state index in [1.165, 1.54) is 7.11 Å². The maximum atomic E-state index is 10.5. The lowest BCUT2D eigenvalue weighted by molar-refractivity contribution is -0.287. The van der Waals surface area contributed by atoms with Gasteiger partial charge in [-0.2, -0.15) is 0 Å². The minimum Gasteiger partial charge on any atom is -0.479 e. The average Bonchev–Trinajstić information content (AvgIpc) is 2.14. The molecule has 0 amide bonds. The van der Waals surface area contributed by atoms with Crippen molar-refractivity contribution in [3.05, 3.63) is 0 Å². The third-order valence-electron chi connectivity index (χ3n) is 2.05. The summed E-state index contributed by atoms with van der Waals surface area (Å²) < 4.78 is 9.31. The van der Waals surface area contributed by atoms with Gasteiger partial charge in [-0.15, -0.1) is 0 Å². The number of carboxylic acids is 1. The van der Waals surface area contributed by atoms with Gasteiger partial charge in [-0.1, -0.05) is 0 Å². The average molecular weight is 208 g/mol. The summed E-state index contributed by atoms with van der Waals surface area (Å²) in [7, 11) is 1.19. The maximum Gasteiger partial charge on any atom is 0.335 e. The van der Waals surface area contributed by atoms with Gasteiger partial charge in [0.15, 0.2) is 12.4 Å². The molecule has 1 heterocycles. The molecule has 0 saturated carbocycles. The summed E-state index contributed by atoms with van der Waals surface area (Å²) >= 11 is 0. The van der Waals surface area contributed by atoms with E-state index < -0.39 is 36.7 Å². The van der Waals surface area contributed by atoms with Gasteiger partial charge in [0, 0.05) is 7.11 Å². The topological polar surface area (TPSA) is 116 Å². The first-order valence-electron chi connectivity index (χ1n) is 3.94. The van der Waals surface area contributed by atoms with E-state index in [1.54, 1.807) is 0 Å². The van der Waals surface area contributed by atoms with Gasteiger partial charge in [-0.05, 0) is 0 Å². The Labute approximate surface area is 79.5 Å². The Kier molecular flexibility index (Phi) is 3.40. The fraction of sp³-hybridized carbons (Fsp3) is 0.857. The van der Waals surface area contributed by atoms with Gasteiger partial charge >= 0.3 is 5.97 Å². The van der Waals surface area contributed by atoms with Gasteiger partial charge in [0.1, 0.15) is 18.3 Å². The van der Waals surface area contributed by atoms with Crippen LogP contribution in [0.25, 0.3) is 0 Å². The second-order valence-corrected chi connectivity index (χ2v) is 2.97. The SMILES string of the molecule is CO[C@H]1OC(C(=O)O)[C@@H](O)C(O)C1O. The highest BCUT2D eigenvalue weighted by Crippen LogP contribution is 2.21. The van der Waals surface area contributed by atoms with Gasteiger partial charge in [0.2, 0.25) is 0 Å². The van der Waals surface area contributed by atoms with Crippen molar-refractivity contribution in [2.75, 3.05) is 7.11 Å². The third-order valence-corrected chi connectivity index (χ3v) is 2.05. The van der Waals surface area contributed by atoms with E-state index in [-0.39, 0.29) is 0 Å². The van der Waals surface area contributed by atoms with Crippen molar-refractivity contribution in [3.8, 4) is 0 Å². The summed E-state index contributed by atoms with van der Waals surface area (Å²) in [6.07, 6.45) is -7.60. The first-order valence-corrected chi connectivity index (χ1v) is 3.94. The Hall–Kier alpha value is -0.730. The van der Waals surface area contributed by atoms with E-state index in [2.05, 4.69) is 4.74 Å². The molecule has 0 aromatic carbocycles. The van der Waals surface area contributed by atoms with Crippen LogP contribution in [0.5, 0.6) is 0 Å². The molecule has 7 heteroatoms. The van der Waals surface area contributed by atoms with Gasteiger partial charge < -0.3 is 29.9 Å². The first kappa shape index (κ1) is 11.3. The molecule has 1 rings (SSSR count). The van der Waals surface area contributed by atoms with E-state index in [9.17, 15) is 20.1 Å². The number of hydrogen-bond donors (Lipinski definition) is 4. The molecular weight excluding hydrogens is 196 g/mol. The summed E-state index contributed by atoms with van der Waals surface area (Å²) in [5, 5.41) is 36.3. The molecule has 4 N–H and O–H groups in total. The Bertz CT molecular complexity index is 216. The molecular formula is C7H12O7. The highest BCUT2D eigenvalue weighted by molar-refractivity contribution is 5.73. The van der Waals surface area contributed by atoms with Crippen LogP contribution >= 0.6 is 0 Å². The molecule has 5 atom stereocenters. The number of ether oxygens (including phenoxy) is 2. The number of aliphatic hydroxyl groups is 3. The van der Waals surface area contributed by atoms with Crippen molar-refractivity contribution in [2.24, 2.45) is 0 Å². The molecule has 1 aliphatic rings. The quantitative estimate of drug-likeness (QED) is 0.397. The molecule has 7 nitrogen and oxygen atoms in total. The predicted molar refractivity (Wildman–Crippen MR) is 41.3 cm³/mol. The van der Waals surface area contributed by atoms with Gasteiger partial charge in [0.05, 0.1) is 0 Å². The fourth-order valence-electron chi connectivity index (χ4n) is 1.25. The third kappa shape index (κ3) is 1.86.